The van der Waals surface area contributed by atoms with E-state index in [1.807, 2.05) is 20.9 Å². The van der Waals surface area contributed by atoms with Crippen molar-refractivity contribution in [2.45, 2.75) is 30.9 Å². The average Bonchev–Trinajstić information content (AvgIpc) is 2.41. The molecule has 0 unspecified atom stereocenters. The van der Waals surface area contributed by atoms with Crippen molar-refractivity contribution in [2.75, 3.05) is 26.7 Å². The largest absolute Gasteiger partial charge is 0.392 e. The third-order valence-corrected chi connectivity index (χ3v) is 5.88. The van der Waals surface area contributed by atoms with Crippen LogP contribution in [-0.2, 0) is 16.6 Å². The molecule has 0 saturated carbocycles. The lowest BCUT2D eigenvalue weighted by molar-refractivity contribution is 0.0801. The molecular formula is C14H22N2O3S. The highest BCUT2D eigenvalue weighted by molar-refractivity contribution is 7.89. The average molecular weight is 298 g/mol. The number of aliphatic hydroxyl groups excluding tert-OH is 1. The van der Waals surface area contributed by atoms with Gasteiger partial charge in [0.1, 0.15) is 0 Å². The number of hydrogen-bond donors (Lipinski definition) is 1. The van der Waals surface area contributed by atoms with Gasteiger partial charge in [-0.1, -0.05) is 12.1 Å². The predicted molar refractivity (Wildman–Crippen MR) is 77.8 cm³/mol. The van der Waals surface area contributed by atoms with Gasteiger partial charge in [0.25, 0.3) is 0 Å². The Bertz CT molecular complexity index is 567. The molecule has 5 nitrogen and oxygen atoms in total. The van der Waals surface area contributed by atoms with Crippen molar-refractivity contribution in [2.24, 2.45) is 0 Å². The Hall–Kier alpha value is -0.950. The number of rotatable bonds is 3. The fourth-order valence-electron chi connectivity index (χ4n) is 2.32. The van der Waals surface area contributed by atoms with Gasteiger partial charge in [0.2, 0.25) is 10.0 Å². The third kappa shape index (κ3) is 2.88. The molecule has 20 heavy (non-hydrogen) atoms. The summed E-state index contributed by atoms with van der Waals surface area (Å²) in [6.45, 7) is 5.72. The summed E-state index contributed by atoms with van der Waals surface area (Å²) < 4.78 is 26.8. The van der Waals surface area contributed by atoms with E-state index < -0.39 is 10.0 Å². The lowest BCUT2D eigenvalue weighted by atomic mass is 10.0. The van der Waals surface area contributed by atoms with E-state index in [0.29, 0.717) is 18.7 Å². The van der Waals surface area contributed by atoms with Gasteiger partial charge in [-0.2, -0.15) is 4.31 Å². The monoisotopic (exact) mass is 298 g/mol. The van der Waals surface area contributed by atoms with Crippen LogP contribution in [0.1, 0.15) is 19.4 Å². The van der Waals surface area contributed by atoms with E-state index >= 15 is 0 Å². The Morgan fingerprint density at radius 3 is 2.30 bits per heavy atom. The Morgan fingerprint density at radius 2 is 1.80 bits per heavy atom. The first kappa shape index (κ1) is 15.4. The predicted octanol–water partition coefficient (Wildman–Crippen LogP) is 0.894. The molecule has 1 aliphatic rings. The van der Waals surface area contributed by atoms with Crippen molar-refractivity contribution in [3.05, 3.63) is 29.8 Å². The second-order valence-electron chi connectivity index (χ2n) is 5.87. The highest BCUT2D eigenvalue weighted by atomic mass is 32.2. The van der Waals surface area contributed by atoms with Crippen LogP contribution >= 0.6 is 0 Å². The number of piperazine rings is 1. The van der Waals surface area contributed by atoms with Crippen molar-refractivity contribution < 1.29 is 13.5 Å². The number of likely N-dealkylation sites (N-methyl/N-ethyl adjacent to an activating group) is 1. The molecule has 0 bridgehead atoms. The smallest absolute Gasteiger partial charge is 0.243 e. The summed E-state index contributed by atoms with van der Waals surface area (Å²) in [5.74, 6) is 0. The van der Waals surface area contributed by atoms with Gasteiger partial charge in [0, 0.05) is 25.2 Å². The molecule has 0 atom stereocenters. The maximum atomic E-state index is 12.6. The van der Waals surface area contributed by atoms with Crippen molar-refractivity contribution in [3.63, 3.8) is 0 Å². The lowest BCUT2D eigenvalue weighted by Gasteiger charge is -2.44. The van der Waals surface area contributed by atoms with E-state index in [-0.39, 0.29) is 17.0 Å². The van der Waals surface area contributed by atoms with Gasteiger partial charge in [-0.15, -0.1) is 0 Å². The van der Waals surface area contributed by atoms with Crippen molar-refractivity contribution >= 4 is 10.0 Å². The van der Waals surface area contributed by atoms with Crippen LogP contribution in [0.2, 0.25) is 0 Å². The molecule has 112 valence electrons. The van der Waals surface area contributed by atoms with Gasteiger partial charge >= 0.3 is 0 Å². The van der Waals surface area contributed by atoms with E-state index in [1.54, 1.807) is 28.6 Å². The maximum Gasteiger partial charge on any atom is 0.243 e. The number of nitrogens with zero attached hydrogens (tertiary/aromatic N) is 2. The molecule has 1 aromatic rings. The summed E-state index contributed by atoms with van der Waals surface area (Å²) in [6.07, 6.45) is 0. The molecule has 1 heterocycles. The standard InChI is InChI=1S/C14H22N2O3S/c1-14(2)11-16(9-8-15(14)3)20(18,19)13-6-4-12(10-17)5-7-13/h4-7,17H,8-11H2,1-3H3. The SMILES string of the molecule is CN1CCN(S(=O)(=O)c2ccc(CO)cc2)CC1(C)C. The molecule has 6 heteroatoms. The molecule has 1 aliphatic heterocycles. The lowest BCUT2D eigenvalue weighted by Crippen LogP contribution is -2.58. The third-order valence-electron chi connectivity index (χ3n) is 4.03. The maximum absolute atomic E-state index is 12.6. The first-order valence-corrected chi connectivity index (χ1v) is 8.12. The Morgan fingerprint density at radius 1 is 1.20 bits per heavy atom. The summed E-state index contributed by atoms with van der Waals surface area (Å²) in [5, 5.41) is 9.01. The molecular weight excluding hydrogens is 276 g/mol. The number of aliphatic hydroxyl groups is 1. The summed E-state index contributed by atoms with van der Waals surface area (Å²) in [4.78, 5) is 2.46. The summed E-state index contributed by atoms with van der Waals surface area (Å²) in [5.41, 5.74) is 0.541. The van der Waals surface area contributed by atoms with Gasteiger partial charge in [0.15, 0.2) is 0 Å². The van der Waals surface area contributed by atoms with Gasteiger partial charge in [-0.3, -0.25) is 4.90 Å². The van der Waals surface area contributed by atoms with E-state index in [1.165, 1.54) is 0 Å². The van der Waals surface area contributed by atoms with Crippen LogP contribution in [0.5, 0.6) is 0 Å². The van der Waals surface area contributed by atoms with Crippen LogP contribution in [0.15, 0.2) is 29.2 Å². The molecule has 1 fully saturated rings. The molecule has 0 radical (unpaired) electrons. The molecule has 0 amide bonds. The fourth-order valence-corrected chi connectivity index (χ4v) is 3.90. The first-order valence-electron chi connectivity index (χ1n) is 6.68. The summed E-state index contributed by atoms with van der Waals surface area (Å²) in [7, 11) is -1.44. The first-order chi connectivity index (χ1) is 9.27. The van der Waals surface area contributed by atoms with Crippen molar-refractivity contribution in [1.82, 2.24) is 9.21 Å². The molecule has 1 N–H and O–H groups in total. The zero-order chi connectivity index (χ0) is 15.0. The highest BCUT2D eigenvalue weighted by Gasteiger charge is 2.37. The van der Waals surface area contributed by atoms with E-state index in [4.69, 9.17) is 5.11 Å². The van der Waals surface area contributed by atoms with Gasteiger partial charge < -0.3 is 5.11 Å². The van der Waals surface area contributed by atoms with Crippen LogP contribution in [0, 0.1) is 0 Å². The van der Waals surface area contributed by atoms with Crippen LogP contribution in [0.3, 0.4) is 0 Å². The number of hydrogen-bond acceptors (Lipinski definition) is 4. The molecule has 0 spiro atoms. The summed E-state index contributed by atoms with van der Waals surface area (Å²) >= 11 is 0. The molecule has 0 aliphatic carbocycles. The second-order valence-corrected chi connectivity index (χ2v) is 7.81. The normalized spacial score (nSPS) is 21.0. The topological polar surface area (TPSA) is 60.9 Å². The number of benzene rings is 1. The molecule has 0 aromatic heterocycles. The van der Waals surface area contributed by atoms with E-state index in [9.17, 15) is 8.42 Å². The van der Waals surface area contributed by atoms with Gasteiger partial charge in [0.05, 0.1) is 11.5 Å². The van der Waals surface area contributed by atoms with Crippen LogP contribution in [0.25, 0.3) is 0 Å². The number of sulfonamides is 1. The quantitative estimate of drug-likeness (QED) is 0.900. The van der Waals surface area contributed by atoms with Crippen molar-refractivity contribution in [1.29, 1.82) is 0 Å². The summed E-state index contributed by atoms with van der Waals surface area (Å²) in [6, 6.07) is 6.42. The second kappa shape index (κ2) is 5.44. The Balaban J connectivity index is 2.26. The minimum atomic E-state index is -3.46. The van der Waals surface area contributed by atoms with Crippen LogP contribution in [-0.4, -0.2) is 55.0 Å². The van der Waals surface area contributed by atoms with E-state index in [2.05, 4.69) is 4.90 Å². The Kier molecular flexibility index (Phi) is 4.20. The zero-order valence-corrected chi connectivity index (χ0v) is 13.0. The zero-order valence-electron chi connectivity index (χ0n) is 12.2. The molecule has 2 rings (SSSR count). The van der Waals surface area contributed by atoms with Crippen molar-refractivity contribution in [3.8, 4) is 0 Å². The van der Waals surface area contributed by atoms with Crippen LogP contribution < -0.4 is 0 Å². The highest BCUT2D eigenvalue weighted by Crippen LogP contribution is 2.24. The fraction of sp³-hybridized carbons (Fsp3) is 0.571. The Labute approximate surface area is 120 Å². The molecule has 1 saturated heterocycles. The van der Waals surface area contributed by atoms with E-state index in [0.717, 1.165) is 6.54 Å². The molecule has 1 aromatic carbocycles. The minimum Gasteiger partial charge on any atom is -0.392 e. The van der Waals surface area contributed by atoms with Gasteiger partial charge in [-0.05, 0) is 38.6 Å². The van der Waals surface area contributed by atoms with Crippen LogP contribution in [0.4, 0.5) is 0 Å². The van der Waals surface area contributed by atoms with Gasteiger partial charge in [-0.25, -0.2) is 8.42 Å². The minimum absolute atomic E-state index is 0.0815.